The van der Waals surface area contributed by atoms with Crippen molar-refractivity contribution in [3.8, 4) is 0 Å². The number of halogens is 2. The normalized spacial score (nSPS) is 30.3. The number of alkyl halides is 2. The lowest BCUT2D eigenvalue weighted by atomic mass is 10.0. The SMILES string of the molecule is COC(=O)N[C@H]1CNC[C@@H]1N1CC(F)(F)CCC1=O. The summed E-state index contributed by atoms with van der Waals surface area (Å²) in [5.74, 6) is -3.15. The zero-order valence-corrected chi connectivity index (χ0v) is 10.6. The molecule has 2 atom stereocenters. The van der Waals surface area contributed by atoms with Crippen molar-refractivity contribution in [2.75, 3.05) is 26.7 Å². The molecule has 2 fully saturated rings. The standard InChI is InChI=1S/C11H17F2N3O3/c1-19-10(18)15-7-4-14-5-8(7)16-6-11(12,13)3-2-9(16)17/h7-8,14H,2-6H2,1H3,(H,15,18)/t7-,8-/m0/s1. The van der Waals surface area contributed by atoms with Gasteiger partial charge in [0.15, 0.2) is 0 Å². The molecule has 2 N–H and O–H groups in total. The molecule has 6 nitrogen and oxygen atoms in total. The second kappa shape index (κ2) is 5.28. The molecule has 8 heteroatoms. The number of nitrogens with one attached hydrogen (secondary N) is 2. The molecule has 0 radical (unpaired) electrons. The monoisotopic (exact) mass is 277 g/mol. The highest BCUT2D eigenvalue weighted by atomic mass is 19.3. The fourth-order valence-electron chi connectivity index (χ4n) is 2.50. The molecule has 0 aromatic carbocycles. The Hall–Kier alpha value is -1.44. The van der Waals surface area contributed by atoms with Crippen molar-refractivity contribution in [2.24, 2.45) is 0 Å². The van der Waals surface area contributed by atoms with Crippen LogP contribution in [0.25, 0.3) is 0 Å². The van der Waals surface area contributed by atoms with E-state index in [1.807, 2.05) is 0 Å². The van der Waals surface area contributed by atoms with Crippen LogP contribution in [-0.2, 0) is 9.53 Å². The minimum absolute atomic E-state index is 0.158. The first kappa shape index (κ1) is 14.0. The lowest BCUT2D eigenvalue weighted by Crippen LogP contribution is -2.58. The maximum absolute atomic E-state index is 13.4. The molecule has 0 unspecified atom stereocenters. The molecular formula is C11H17F2N3O3. The maximum atomic E-state index is 13.4. The summed E-state index contributed by atoms with van der Waals surface area (Å²) in [6, 6.07) is -0.872. The Kier molecular flexibility index (Phi) is 3.88. The van der Waals surface area contributed by atoms with Crippen molar-refractivity contribution in [3.63, 3.8) is 0 Å². The van der Waals surface area contributed by atoms with Crippen LogP contribution in [0.2, 0.25) is 0 Å². The van der Waals surface area contributed by atoms with Crippen molar-refractivity contribution in [3.05, 3.63) is 0 Å². The van der Waals surface area contributed by atoms with E-state index in [4.69, 9.17) is 0 Å². The molecule has 19 heavy (non-hydrogen) atoms. The van der Waals surface area contributed by atoms with Gasteiger partial charge in [-0.1, -0.05) is 0 Å². The van der Waals surface area contributed by atoms with Crippen LogP contribution in [0.3, 0.4) is 0 Å². The van der Waals surface area contributed by atoms with E-state index < -0.39 is 37.1 Å². The average molecular weight is 277 g/mol. The summed E-state index contributed by atoms with van der Waals surface area (Å²) < 4.78 is 31.3. The van der Waals surface area contributed by atoms with Crippen LogP contribution in [-0.4, -0.2) is 61.7 Å². The summed E-state index contributed by atoms with van der Waals surface area (Å²) in [7, 11) is 1.23. The summed E-state index contributed by atoms with van der Waals surface area (Å²) in [5.41, 5.74) is 0. The van der Waals surface area contributed by atoms with E-state index in [0.29, 0.717) is 13.1 Å². The topological polar surface area (TPSA) is 70.7 Å². The molecule has 0 aliphatic carbocycles. The van der Waals surface area contributed by atoms with Gasteiger partial charge in [-0.25, -0.2) is 13.6 Å². The molecule has 0 bridgehead atoms. The fourth-order valence-corrected chi connectivity index (χ4v) is 2.50. The third-order valence-corrected chi connectivity index (χ3v) is 3.50. The predicted molar refractivity (Wildman–Crippen MR) is 61.9 cm³/mol. The Balaban J connectivity index is 2.06. The Morgan fingerprint density at radius 3 is 2.95 bits per heavy atom. The zero-order chi connectivity index (χ0) is 14.0. The van der Waals surface area contributed by atoms with Crippen molar-refractivity contribution in [1.82, 2.24) is 15.5 Å². The molecule has 2 aliphatic rings. The van der Waals surface area contributed by atoms with E-state index in [1.165, 1.54) is 12.0 Å². The number of likely N-dealkylation sites (tertiary alicyclic amines) is 1. The van der Waals surface area contributed by atoms with E-state index in [1.54, 1.807) is 0 Å². The number of amides is 2. The first-order chi connectivity index (χ1) is 8.93. The quantitative estimate of drug-likeness (QED) is 0.742. The van der Waals surface area contributed by atoms with Crippen molar-refractivity contribution in [2.45, 2.75) is 30.8 Å². The van der Waals surface area contributed by atoms with Gasteiger partial charge in [0.1, 0.15) is 0 Å². The van der Waals surface area contributed by atoms with Crippen LogP contribution in [0.4, 0.5) is 13.6 Å². The van der Waals surface area contributed by atoms with E-state index in [2.05, 4.69) is 15.4 Å². The molecule has 2 rings (SSSR count). The number of methoxy groups -OCH3 is 1. The first-order valence-electron chi connectivity index (χ1n) is 6.15. The van der Waals surface area contributed by atoms with Gasteiger partial charge in [-0.3, -0.25) is 4.79 Å². The van der Waals surface area contributed by atoms with Crippen molar-refractivity contribution in [1.29, 1.82) is 0 Å². The van der Waals surface area contributed by atoms with E-state index in [-0.39, 0.29) is 12.3 Å². The highest BCUT2D eigenvalue weighted by Crippen LogP contribution is 2.29. The van der Waals surface area contributed by atoms with Gasteiger partial charge in [0.05, 0.1) is 25.7 Å². The number of nitrogens with zero attached hydrogens (tertiary/aromatic N) is 1. The third-order valence-electron chi connectivity index (χ3n) is 3.50. The summed E-state index contributed by atoms with van der Waals surface area (Å²) >= 11 is 0. The molecule has 0 saturated carbocycles. The highest BCUT2D eigenvalue weighted by Gasteiger charge is 2.45. The number of hydrogen-bond acceptors (Lipinski definition) is 4. The number of rotatable bonds is 2. The largest absolute Gasteiger partial charge is 0.453 e. The van der Waals surface area contributed by atoms with Crippen LogP contribution in [0.15, 0.2) is 0 Å². The van der Waals surface area contributed by atoms with Gasteiger partial charge in [-0.05, 0) is 0 Å². The van der Waals surface area contributed by atoms with Gasteiger partial charge in [-0.2, -0.15) is 0 Å². The number of alkyl carbamates (subject to hydrolysis) is 1. The minimum Gasteiger partial charge on any atom is -0.453 e. The molecular weight excluding hydrogens is 260 g/mol. The second-order valence-electron chi connectivity index (χ2n) is 4.85. The summed E-state index contributed by atoms with van der Waals surface area (Å²) in [4.78, 5) is 24.2. The maximum Gasteiger partial charge on any atom is 0.407 e. The number of carbonyl (C=O) groups is 2. The molecule has 2 amide bonds. The summed E-state index contributed by atoms with van der Waals surface area (Å²) in [6.45, 7) is 0.225. The van der Waals surface area contributed by atoms with Crippen LogP contribution in [0, 0.1) is 0 Å². The summed E-state index contributed by atoms with van der Waals surface area (Å²) in [5, 5.41) is 5.55. The lowest BCUT2D eigenvalue weighted by Gasteiger charge is -2.38. The van der Waals surface area contributed by atoms with E-state index in [9.17, 15) is 18.4 Å². The van der Waals surface area contributed by atoms with Crippen LogP contribution in [0.1, 0.15) is 12.8 Å². The molecule has 0 spiro atoms. The zero-order valence-electron chi connectivity index (χ0n) is 10.6. The van der Waals surface area contributed by atoms with Gasteiger partial charge < -0.3 is 20.3 Å². The molecule has 2 heterocycles. The van der Waals surface area contributed by atoms with Gasteiger partial charge in [-0.15, -0.1) is 0 Å². The minimum atomic E-state index is -2.85. The summed E-state index contributed by atoms with van der Waals surface area (Å²) in [6.07, 6.45) is -1.19. The van der Waals surface area contributed by atoms with Crippen molar-refractivity contribution >= 4 is 12.0 Å². The second-order valence-corrected chi connectivity index (χ2v) is 4.85. The lowest BCUT2D eigenvalue weighted by molar-refractivity contribution is -0.150. The number of ether oxygens (including phenoxy) is 1. The Labute approximate surface area is 109 Å². The van der Waals surface area contributed by atoms with E-state index in [0.717, 1.165) is 0 Å². The van der Waals surface area contributed by atoms with E-state index >= 15 is 0 Å². The van der Waals surface area contributed by atoms with Gasteiger partial charge in [0.2, 0.25) is 5.91 Å². The Bertz CT molecular complexity index is 378. The van der Waals surface area contributed by atoms with Crippen LogP contribution >= 0.6 is 0 Å². The molecule has 0 aromatic rings. The van der Waals surface area contributed by atoms with Crippen LogP contribution in [0.5, 0.6) is 0 Å². The molecule has 108 valence electrons. The number of piperidine rings is 1. The van der Waals surface area contributed by atoms with Gasteiger partial charge in [0.25, 0.3) is 5.92 Å². The third kappa shape index (κ3) is 3.12. The average Bonchev–Trinajstić information content (AvgIpc) is 2.80. The highest BCUT2D eigenvalue weighted by molar-refractivity contribution is 5.78. The molecule has 2 saturated heterocycles. The fraction of sp³-hybridized carbons (Fsp3) is 0.818. The Morgan fingerprint density at radius 2 is 2.26 bits per heavy atom. The van der Waals surface area contributed by atoms with Gasteiger partial charge >= 0.3 is 6.09 Å². The van der Waals surface area contributed by atoms with Crippen molar-refractivity contribution < 1.29 is 23.1 Å². The number of hydrogen-bond donors (Lipinski definition) is 2. The number of carbonyl (C=O) groups excluding carboxylic acids is 2. The predicted octanol–water partition coefficient (Wildman–Crippen LogP) is -0.0595. The molecule has 2 aliphatic heterocycles. The first-order valence-corrected chi connectivity index (χ1v) is 6.15. The van der Waals surface area contributed by atoms with Gasteiger partial charge in [0, 0.05) is 25.9 Å². The Morgan fingerprint density at radius 1 is 1.53 bits per heavy atom. The smallest absolute Gasteiger partial charge is 0.407 e. The molecule has 0 aromatic heterocycles. The van der Waals surface area contributed by atoms with Crippen LogP contribution < -0.4 is 10.6 Å².